The Balaban J connectivity index is 1.99. The van der Waals surface area contributed by atoms with Gasteiger partial charge in [0, 0.05) is 12.8 Å². The Morgan fingerprint density at radius 3 is 2.67 bits per heavy atom. The summed E-state index contributed by atoms with van der Waals surface area (Å²) in [6, 6.07) is 5.19. The molecule has 0 aliphatic carbocycles. The van der Waals surface area contributed by atoms with E-state index in [1.54, 1.807) is 18.2 Å². The summed E-state index contributed by atoms with van der Waals surface area (Å²) in [5.74, 6) is -0.373. The molecule has 0 bridgehead atoms. The molecule has 0 amide bonds. The third-order valence-corrected chi connectivity index (χ3v) is 3.29. The van der Waals surface area contributed by atoms with Crippen molar-refractivity contribution < 1.29 is 14.3 Å². The molecule has 0 saturated carbocycles. The summed E-state index contributed by atoms with van der Waals surface area (Å²) in [5, 5.41) is 0. The summed E-state index contributed by atoms with van der Waals surface area (Å²) in [6.07, 6.45) is 1.65. The topological polar surface area (TPSA) is 48.4 Å². The first-order valence-corrected chi connectivity index (χ1v) is 6.83. The van der Waals surface area contributed by atoms with Crippen LogP contribution in [0.1, 0.15) is 37.2 Å². The molecule has 2 heterocycles. The van der Waals surface area contributed by atoms with Crippen LogP contribution in [0.5, 0.6) is 0 Å². The molecule has 2 atom stereocenters. The van der Waals surface area contributed by atoms with Crippen LogP contribution >= 0.6 is 15.9 Å². The lowest BCUT2D eigenvalue weighted by atomic mass is 10.0. The molecule has 0 aromatic carbocycles. The lowest BCUT2D eigenvalue weighted by Gasteiger charge is -2.31. The Kier molecular flexibility index (Phi) is 4.35. The summed E-state index contributed by atoms with van der Waals surface area (Å²) in [7, 11) is 0. The molecule has 0 radical (unpaired) electrons. The van der Waals surface area contributed by atoms with E-state index in [0.29, 0.717) is 10.3 Å². The average Bonchev–Trinajstić information content (AvgIpc) is 2.27. The van der Waals surface area contributed by atoms with Gasteiger partial charge in [-0.15, -0.1) is 0 Å². The number of pyridine rings is 1. The second kappa shape index (κ2) is 5.80. The summed E-state index contributed by atoms with van der Waals surface area (Å²) < 4.78 is 11.7. The Morgan fingerprint density at radius 1 is 1.39 bits per heavy atom. The SMILES string of the molecule is CC1CC(OC(=O)c2cccc(Br)n2)CC(C)O1. The van der Waals surface area contributed by atoms with Crippen molar-refractivity contribution in [3.63, 3.8) is 0 Å². The van der Waals surface area contributed by atoms with Gasteiger partial charge in [0.15, 0.2) is 0 Å². The average molecular weight is 314 g/mol. The molecule has 1 aliphatic heterocycles. The highest BCUT2D eigenvalue weighted by Gasteiger charge is 2.27. The van der Waals surface area contributed by atoms with Crippen molar-refractivity contribution in [2.75, 3.05) is 0 Å². The second-order valence-electron chi connectivity index (χ2n) is 4.60. The van der Waals surface area contributed by atoms with E-state index in [1.807, 2.05) is 13.8 Å². The van der Waals surface area contributed by atoms with E-state index in [9.17, 15) is 4.79 Å². The van der Waals surface area contributed by atoms with E-state index < -0.39 is 0 Å². The first kappa shape index (κ1) is 13.5. The van der Waals surface area contributed by atoms with Gasteiger partial charge in [-0.2, -0.15) is 0 Å². The molecule has 2 rings (SSSR count). The fourth-order valence-corrected chi connectivity index (χ4v) is 2.52. The first-order valence-electron chi connectivity index (χ1n) is 6.03. The number of carbonyl (C=O) groups excluding carboxylic acids is 1. The third kappa shape index (κ3) is 3.53. The van der Waals surface area contributed by atoms with Crippen molar-refractivity contribution in [3.8, 4) is 0 Å². The zero-order chi connectivity index (χ0) is 13.1. The highest BCUT2D eigenvalue weighted by Crippen LogP contribution is 2.22. The number of carbonyl (C=O) groups is 1. The number of aromatic nitrogens is 1. The Bertz CT molecular complexity index is 428. The van der Waals surface area contributed by atoms with Gasteiger partial charge in [-0.25, -0.2) is 9.78 Å². The number of rotatable bonds is 2. The third-order valence-electron chi connectivity index (χ3n) is 2.85. The molecule has 4 nitrogen and oxygen atoms in total. The van der Waals surface area contributed by atoms with Crippen molar-refractivity contribution in [2.24, 2.45) is 0 Å². The van der Waals surface area contributed by atoms with Gasteiger partial charge in [0.25, 0.3) is 0 Å². The molecule has 18 heavy (non-hydrogen) atoms. The fraction of sp³-hybridized carbons (Fsp3) is 0.538. The van der Waals surface area contributed by atoms with E-state index in [4.69, 9.17) is 9.47 Å². The highest BCUT2D eigenvalue weighted by molar-refractivity contribution is 9.10. The molecule has 1 fully saturated rings. The number of hydrogen-bond donors (Lipinski definition) is 0. The van der Waals surface area contributed by atoms with Crippen molar-refractivity contribution >= 4 is 21.9 Å². The molecule has 98 valence electrons. The minimum atomic E-state index is -0.373. The minimum absolute atomic E-state index is 0.0861. The number of nitrogens with zero attached hydrogens (tertiary/aromatic N) is 1. The van der Waals surface area contributed by atoms with Gasteiger partial charge >= 0.3 is 5.97 Å². The Hall–Kier alpha value is -0.940. The molecule has 5 heteroatoms. The minimum Gasteiger partial charge on any atom is -0.457 e. The first-order chi connectivity index (χ1) is 8.54. The van der Waals surface area contributed by atoms with Gasteiger partial charge in [0.05, 0.1) is 12.2 Å². The number of esters is 1. The maximum Gasteiger partial charge on any atom is 0.357 e. The van der Waals surface area contributed by atoms with Crippen LogP contribution in [0, 0.1) is 0 Å². The maximum atomic E-state index is 11.9. The molecule has 0 N–H and O–H groups in total. The van der Waals surface area contributed by atoms with Crippen LogP contribution in [-0.2, 0) is 9.47 Å². The lowest BCUT2D eigenvalue weighted by molar-refractivity contribution is -0.0856. The number of hydrogen-bond acceptors (Lipinski definition) is 4. The van der Waals surface area contributed by atoms with E-state index >= 15 is 0 Å². The van der Waals surface area contributed by atoms with Crippen molar-refractivity contribution in [3.05, 3.63) is 28.5 Å². The zero-order valence-electron chi connectivity index (χ0n) is 10.4. The van der Waals surface area contributed by atoms with Crippen LogP contribution in [0.25, 0.3) is 0 Å². The molecule has 1 aliphatic rings. The normalized spacial score (nSPS) is 27.8. The molecule has 1 aromatic heterocycles. The molecular weight excluding hydrogens is 298 g/mol. The summed E-state index contributed by atoms with van der Waals surface area (Å²) in [4.78, 5) is 16.0. The van der Waals surface area contributed by atoms with Crippen molar-refractivity contribution in [1.29, 1.82) is 0 Å². The van der Waals surface area contributed by atoms with Gasteiger partial charge < -0.3 is 9.47 Å². The Labute approximate surface area is 115 Å². The van der Waals surface area contributed by atoms with E-state index in [0.717, 1.165) is 12.8 Å². The predicted molar refractivity (Wildman–Crippen MR) is 70.4 cm³/mol. The van der Waals surface area contributed by atoms with E-state index in [2.05, 4.69) is 20.9 Å². The van der Waals surface area contributed by atoms with Gasteiger partial charge in [0.1, 0.15) is 16.4 Å². The monoisotopic (exact) mass is 313 g/mol. The molecule has 1 aromatic rings. The van der Waals surface area contributed by atoms with Crippen molar-refractivity contribution in [2.45, 2.75) is 45.0 Å². The van der Waals surface area contributed by atoms with Crippen LogP contribution in [0.15, 0.2) is 22.8 Å². The van der Waals surface area contributed by atoms with Gasteiger partial charge in [0.2, 0.25) is 0 Å². The van der Waals surface area contributed by atoms with Crippen LogP contribution in [0.4, 0.5) is 0 Å². The van der Waals surface area contributed by atoms with E-state index in [-0.39, 0.29) is 24.3 Å². The zero-order valence-corrected chi connectivity index (χ0v) is 12.0. The van der Waals surface area contributed by atoms with Gasteiger partial charge in [-0.1, -0.05) is 6.07 Å². The van der Waals surface area contributed by atoms with E-state index in [1.165, 1.54) is 0 Å². The smallest absolute Gasteiger partial charge is 0.357 e. The van der Waals surface area contributed by atoms with Crippen LogP contribution in [0.2, 0.25) is 0 Å². The predicted octanol–water partition coefficient (Wildman–Crippen LogP) is 2.96. The lowest BCUT2D eigenvalue weighted by Crippen LogP contribution is -2.35. The Morgan fingerprint density at radius 2 is 2.06 bits per heavy atom. The maximum absolute atomic E-state index is 11.9. The number of halogens is 1. The molecule has 0 spiro atoms. The number of ether oxygens (including phenoxy) is 2. The van der Waals surface area contributed by atoms with Gasteiger partial charge in [-0.05, 0) is 41.9 Å². The summed E-state index contributed by atoms with van der Waals surface area (Å²) in [5.41, 5.74) is 0.330. The van der Waals surface area contributed by atoms with Crippen molar-refractivity contribution in [1.82, 2.24) is 4.98 Å². The molecule has 1 saturated heterocycles. The van der Waals surface area contributed by atoms with Gasteiger partial charge in [-0.3, -0.25) is 0 Å². The quantitative estimate of drug-likeness (QED) is 0.622. The molecular formula is C13H16BrNO3. The van der Waals surface area contributed by atoms with Crippen LogP contribution < -0.4 is 0 Å². The standard InChI is InChI=1S/C13H16BrNO3/c1-8-6-10(7-9(2)17-8)18-13(16)11-4-3-5-12(14)15-11/h3-5,8-10H,6-7H2,1-2H3. The largest absolute Gasteiger partial charge is 0.457 e. The highest BCUT2D eigenvalue weighted by atomic mass is 79.9. The summed E-state index contributed by atoms with van der Waals surface area (Å²) >= 11 is 3.24. The summed E-state index contributed by atoms with van der Waals surface area (Å²) in [6.45, 7) is 3.99. The van der Waals surface area contributed by atoms with Crippen LogP contribution in [0.3, 0.4) is 0 Å². The van der Waals surface area contributed by atoms with Crippen LogP contribution in [-0.4, -0.2) is 29.3 Å². The molecule has 2 unspecified atom stereocenters. The second-order valence-corrected chi connectivity index (χ2v) is 5.41. The fourth-order valence-electron chi connectivity index (χ4n) is 2.17.